The summed E-state index contributed by atoms with van der Waals surface area (Å²) in [6.45, 7) is 12.5. The first-order chi connectivity index (χ1) is 11.5. The van der Waals surface area contributed by atoms with Gasteiger partial charge in [-0.15, -0.1) is 0 Å². The summed E-state index contributed by atoms with van der Waals surface area (Å²) in [6, 6.07) is 0. The third-order valence-corrected chi connectivity index (χ3v) is 5.61. The van der Waals surface area contributed by atoms with Crippen molar-refractivity contribution >= 4 is 11.9 Å². The summed E-state index contributed by atoms with van der Waals surface area (Å²) < 4.78 is 5.53. The van der Waals surface area contributed by atoms with Gasteiger partial charge in [0.15, 0.2) is 5.96 Å². The first kappa shape index (κ1) is 17.5. The third-order valence-electron chi connectivity index (χ3n) is 5.61. The molecule has 24 heavy (non-hydrogen) atoms. The van der Waals surface area contributed by atoms with E-state index in [4.69, 9.17) is 9.73 Å². The highest BCUT2D eigenvalue weighted by Gasteiger charge is 2.45. The maximum atomic E-state index is 12.4. The van der Waals surface area contributed by atoms with E-state index >= 15 is 0 Å². The number of hydrogen-bond acceptors (Lipinski definition) is 3. The van der Waals surface area contributed by atoms with Crippen LogP contribution in [0.25, 0.3) is 0 Å². The molecule has 0 aromatic rings. The lowest BCUT2D eigenvalue weighted by atomic mass is 10.1. The molecule has 1 saturated carbocycles. The zero-order valence-corrected chi connectivity index (χ0v) is 15.4. The van der Waals surface area contributed by atoms with Crippen LogP contribution < -0.4 is 5.32 Å². The number of nitrogens with zero attached hydrogens (tertiary/aromatic N) is 3. The van der Waals surface area contributed by atoms with Gasteiger partial charge in [0.25, 0.3) is 5.91 Å². The molecule has 1 aliphatic carbocycles. The van der Waals surface area contributed by atoms with Gasteiger partial charge in [-0.2, -0.15) is 0 Å². The van der Waals surface area contributed by atoms with Crippen molar-refractivity contribution in [1.82, 2.24) is 15.1 Å². The molecular formula is C18H32N4O2. The van der Waals surface area contributed by atoms with Crippen molar-refractivity contribution in [1.29, 1.82) is 0 Å². The lowest BCUT2D eigenvalue weighted by molar-refractivity contribution is -0.142. The summed E-state index contributed by atoms with van der Waals surface area (Å²) in [5, 5.41) is 3.41. The molecule has 0 aromatic carbocycles. The molecule has 0 aromatic heterocycles. The first-order valence-electron chi connectivity index (χ1n) is 9.45. The Morgan fingerprint density at radius 2 is 1.92 bits per heavy atom. The van der Waals surface area contributed by atoms with Gasteiger partial charge in [0.1, 0.15) is 6.10 Å². The van der Waals surface area contributed by atoms with Crippen molar-refractivity contribution in [3.8, 4) is 0 Å². The Morgan fingerprint density at radius 3 is 2.46 bits per heavy atom. The van der Waals surface area contributed by atoms with E-state index in [2.05, 4.69) is 31.0 Å². The van der Waals surface area contributed by atoms with Gasteiger partial charge in [-0.25, -0.2) is 0 Å². The molecular weight excluding hydrogens is 304 g/mol. The number of carbonyl (C=O) groups is 1. The molecule has 136 valence electrons. The number of amides is 1. The summed E-state index contributed by atoms with van der Waals surface area (Å²) in [6.07, 6.45) is 2.96. The van der Waals surface area contributed by atoms with Crippen molar-refractivity contribution in [3.05, 3.63) is 0 Å². The van der Waals surface area contributed by atoms with Gasteiger partial charge in [0.05, 0.1) is 0 Å². The van der Waals surface area contributed by atoms with Gasteiger partial charge in [0, 0.05) is 45.9 Å². The van der Waals surface area contributed by atoms with E-state index < -0.39 is 0 Å². The van der Waals surface area contributed by atoms with E-state index in [0.29, 0.717) is 11.3 Å². The molecule has 3 rings (SSSR count). The number of piperazine rings is 1. The highest BCUT2D eigenvalue weighted by molar-refractivity contribution is 5.82. The maximum absolute atomic E-state index is 12.4. The van der Waals surface area contributed by atoms with E-state index in [1.807, 2.05) is 4.90 Å². The number of ether oxygens (including phenoxy) is 1. The van der Waals surface area contributed by atoms with Gasteiger partial charge >= 0.3 is 0 Å². The topological polar surface area (TPSA) is 57.2 Å². The Labute approximate surface area is 145 Å². The van der Waals surface area contributed by atoms with E-state index in [1.54, 1.807) is 0 Å². The summed E-state index contributed by atoms with van der Waals surface area (Å²) in [7, 11) is 0. The molecule has 6 heteroatoms. The minimum atomic E-state index is -0.199. The molecule has 6 nitrogen and oxygen atoms in total. The average molecular weight is 336 g/mol. The Bertz CT molecular complexity index is 477. The molecule has 2 atom stereocenters. The van der Waals surface area contributed by atoms with Crippen LogP contribution in [0.15, 0.2) is 4.99 Å². The van der Waals surface area contributed by atoms with Gasteiger partial charge in [0.2, 0.25) is 0 Å². The minimum Gasteiger partial charge on any atom is -0.368 e. The number of nitrogens with one attached hydrogen (secondary N) is 1. The Morgan fingerprint density at radius 1 is 1.25 bits per heavy atom. The van der Waals surface area contributed by atoms with E-state index in [1.165, 1.54) is 6.42 Å². The van der Waals surface area contributed by atoms with Crippen LogP contribution in [0.4, 0.5) is 0 Å². The highest BCUT2D eigenvalue weighted by Crippen LogP contribution is 2.51. The van der Waals surface area contributed by atoms with Crippen LogP contribution >= 0.6 is 0 Å². The third kappa shape index (κ3) is 4.02. The lowest BCUT2D eigenvalue weighted by Gasteiger charge is -2.37. The Kier molecular flexibility index (Phi) is 5.33. The number of carbonyl (C=O) groups excluding carboxylic acids is 1. The van der Waals surface area contributed by atoms with Crippen molar-refractivity contribution < 1.29 is 9.53 Å². The lowest BCUT2D eigenvalue weighted by Crippen LogP contribution is -2.55. The predicted molar refractivity (Wildman–Crippen MR) is 95.0 cm³/mol. The minimum absolute atomic E-state index is 0.175. The monoisotopic (exact) mass is 336 g/mol. The van der Waals surface area contributed by atoms with Crippen molar-refractivity contribution in [3.63, 3.8) is 0 Å². The zero-order chi connectivity index (χ0) is 17.2. The summed E-state index contributed by atoms with van der Waals surface area (Å²) in [4.78, 5) is 21.5. The van der Waals surface area contributed by atoms with Crippen LogP contribution in [0, 0.1) is 11.3 Å². The van der Waals surface area contributed by atoms with E-state index in [-0.39, 0.29) is 12.0 Å². The predicted octanol–water partition coefficient (Wildman–Crippen LogP) is 1.32. The second-order valence-electron chi connectivity index (χ2n) is 7.90. The molecule has 1 amide bonds. The molecule has 2 saturated heterocycles. The fraction of sp³-hybridized carbons (Fsp3) is 0.889. The molecule has 2 heterocycles. The fourth-order valence-electron chi connectivity index (χ4n) is 3.62. The van der Waals surface area contributed by atoms with Crippen molar-refractivity contribution in [2.45, 2.75) is 46.1 Å². The van der Waals surface area contributed by atoms with Crippen LogP contribution in [0.2, 0.25) is 0 Å². The fourth-order valence-corrected chi connectivity index (χ4v) is 3.62. The van der Waals surface area contributed by atoms with Crippen LogP contribution in [0.3, 0.4) is 0 Å². The normalized spacial score (nSPS) is 29.7. The zero-order valence-electron chi connectivity index (χ0n) is 15.4. The van der Waals surface area contributed by atoms with E-state index in [9.17, 15) is 4.79 Å². The van der Waals surface area contributed by atoms with Gasteiger partial charge in [-0.05, 0) is 37.5 Å². The number of aliphatic imine (C=N–C) groups is 1. The SMILES string of the molecule is CCNC(=NCC1CC1(C)C)N1CCN(C(=O)C2CCCO2)CC1. The van der Waals surface area contributed by atoms with E-state index in [0.717, 1.165) is 64.7 Å². The molecule has 2 unspecified atom stereocenters. The molecule has 0 spiro atoms. The smallest absolute Gasteiger partial charge is 0.251 e. The number of hydrogen-bond donors (Lipinski definition) is 1. The molecule has 3 fully saturated rings. The van der Waals surface area contributed by atoms with Gasteiger partial charge in [-0.3, -0.25) is 9.79 Å². The quantitative estimate of drug-likeness (QED) is 0.621. The number of rotatable bonds is 4. The van der Waals surface area contributed by atoms with Crippen LogP contribution in [0.1, 0.15) is 40.0 Å². The Balaban J connectivity index is 1.51. The summed E-state index contributed by atoms with van der Waals surface area (Å²) in [5.41, 5.74) is 0.465. The first-order valence-corrected chi connectivity index (χ1v) is 9.45. The molecule has 2 aliphatic heterocycles. The standard InChI is InChI=1S/C18H32N4O2/c1-4-19-17(20-13-14-12-18(14,2)3)22-9-7-21(8-10-22)16(23)15-6-5-11-24-15/h14-15H,4-13H2,1-3H3,(H,19,20). The van der Waals surface area contributed by atoms with Gasteiger partial charge in [-0.1, -0.05) is 13.8 Å². The molecule has 1 N–H and O–H groups in total. The average Bonchev–Trinajstić information content (AvgIpc) is 2.98. The maximum Gasteiger partial charge on any atom is 0.251 e. The van der Waals surface area contributed by atoms with Crippen LogP contribution in [0.5, 0.6) is 0 Å². The second kappa shape index (κ2) is 7.30. The molecule has 3 aliphatic rings. The molecule has 0 bridgehead atoms. The summed E-state index contributed by atoms with van der Waals surface area (Å²) in [5.74, 6) is 1.90. The van der Waals surface area contributed by atoms with Gasteiger partial charge < -0.3 is 19.9 Å². The van der Waals surface area contributed by atoms with Crippen molar-refractivity contribution in [2.75, 3.05) is 45.9 Å². The summed E-state index contributed by atoms with van der Waals surface area (Å²) >= 11 is 0. The molecule has 0 radical (unpaired) electrons. The largest absolute Gasteiger partial charge is 0.368 e. The van der Waals surface area contributed by atoms with Crippen LogP contribution in [-0.2, 0) is 9.53 Å². The Hall–Kier alpha value is -1.30. The number of guanidine groups is 1. The highest BCUT2D eigenvalue weighted by atomic mass is 16.5. The van der Waals surface area contributed by atoms with Crippen LogP contribution in [-0.4, -0.2) is 73.6 Å². The second-order valence-corrected chi connectivity index (χ2v) is 7.90. The van der Waals surface area contributed by atoms with Crippen molar-refractivity contribution in [2.24, 2.45) is 16.3 Å².